The molecule has 0 bridgehead atoms. The fourth-order valence-corrected chi connectivity index (χ4v) is 2.81. The molecule has 2 atom stereocenters. The van der Waals surface area contributed by atoms with Gasteiger partial charge in [0.05, 0.1) is 0 Å². The second-order valence-electron chi connectivity index (χ2n) is 6.61. The van der Waals surface area contributed by atoms with Gasteiger partial charge in [0.15, 0.2) is 12.1 Å². The molecule has 1 N–H and O–H groups in total. The Hall–Kier alpha value is -3.55. The van der Waals surface area contributed by atoms with Crippen LogP contribution in [0.2, 0.25) is 0 Å². The Labute approximate surface area is 168 Å². The number of hydrogen-bond acceptors (Lipinski definition) is 6. The average Bonchev–Trinajstić information content (AvgIpc) is 3.27. The van der Waals surface area contributed by atoms with E-state index in [2.05, 4.69) is 27.8 Å². The van der Waals surface area contributed by atoms with Crippen LogP contribution in [0.15, 0.2) is 60.9 Å². The monoisotopic (exact) mass is 393 g/mol. The summed E-state index contributed by atoms with van der Waals surface area (Å²) in [5.74, 6) is -0.983. The molecular weight excluding hydrogens is 370 g/mol. The summed E-state index contributed by atoms with van der Waals surface area (Å²) < 4.78 is 6.76. The molecule has 0 radical (unpaired) electrons. The van der Waals surface area contributed by atoms with E-state index in [1.54, 1.807) is 0 Å². The Morgan fingerprint density at radius 2 is 1.79 bits per heavy atom. The first-order valence-electron chi connectivity index (χ1n) is 9.43. The second kappa shape index (κ2) is 9.59. The van der Waals surface area contributed by atoms with Crippen molar-refractivity contribution in [3.8, 4) is 0 Å². The molecule has 0 saturated heterocycles. The lowest BCUT2D eigenvalue weighted by atomic mass is 10.1. The van der Waals surface area contributed by atoms with E-state index < -0.39 is 24.0 Å². The summed E-state index contributed by atoms with van der Waals surface area (Å²) in [6.07, 6.45) is 1.65. The van der Waals surface area contributed by atoms with Crippen LogP contribution in [0, 0.1) is 0 Å². The number of nitrogens with one attached hydrogen (secondary N) is 1. The van der Waals surface area contributed by atoms with Crippen LogP contribution >= 0.6 is 0 Å². The van der Waals surface area contributed by atoms with Gasteiger partial charge in [0.25, 0.3) is 5.91 Å². The topological polar surface area (TPSA) is 99.0 Å². The largest absolute Gasteiger partial charge is 0.451 e. The number of ether oxygens (including phenoxy) is 1. The fraction of sp³-hybridized carbons (Fsp3) is 0.286. The maximum atomic E-state index is 12.8. The summed E-state index contributed by atoms with van der Waals surface area (Å²) in [6, 6.07) is 16.2. The molecule has 0 unspecified atom stereocenters. The van der Waals surface area contributed by atoms with E-state index >= 15 is 0 Å². The minimum atomic E-state index is -0.969. The first-order valence-corrected chi connectivity index (χ1v) is 9.43. The van der Waals surface area contributed by atoms with Gasteiger partial charge in [0.2, 0.25) is 0 Å². The van der Waals surface area contributed by atoms with Crippen LogP contribution in [0.3, 0.4) is 0 Å². The van der Waals surface area contributed by atoms with Crippen molar-refractivity contribution in [1.29, 1.82) is 0 Å². The Kier molecular flexibility index (Phi) is 6.67. The zero-order valence-corrected chi connectivity index (χ0v) is 16.4. The van der Waals surface area contributed by atoms with E-state index in [4.69, 9.17) is 4.74 Å². The standard InChI is InChI=1S/C21H23N5O3/c1-3-16-9-11-18(12-10-16)23-20(27)15(2)29-21(28)19(26-14-22-24-25-26)13-17-7-5-4-6-8-17/h4-12,14-15,19H,3,13H2,1-2H3,(H,23,27)/t15-,19+/m1/s1. The third-order valence-electron chi connectivity index (χ3n) is 4.52. The van der Waals surface area contributed by atoms with E-state index in [1.807, 2.05) is 54.6 Å². The van der Waals surface area contributed by atoms with Crippen LogP contribution < -0.4 is 5.32 Å². The smallest absolute Gasteiger partial charge is 0.332 e. The first kappa shape index (κ1) is 20.2. The molecule has 0 saturated carbocycles. The summed E-state index contributed by atoms with van der Waals surface area (Å²) in [5, 5.41) is 13.8. The Morgan fingerprint density at radius 1 is 1.07 bits per heavy atom. The normalized spacial score (nSPS) is 12.8. The lowest BCUT2D eigenvalue weighted by molar-refractivity contribution is -0.156. The Balaban J connectivity index is 1.65. The zero-order valence-electron chi connectivity index (χ0n) is 16.4. The highest BCUT2D eigenvalue weighted by Gasteiger charge is 2.27. The molecule has 29 heavy (non-hydrogen) atoms. The highest BCUT2D eigenvalue weighted by molar-refractivity contribution is 5.95. The van der Waals surface area contributed by atoms with Gasteiger partial charge in [-0.2, -0.15) is 0 Å². The molecule has 1 amide bonds. The van der Waals surface area contributed by atoms with E-state index in [1.165, 1.54) is 23.5 Å². The van der Waals surface area contributed by atoms with Gasteiger partial charge in [0.1, 0.15) is 6.33 Å². The van der Waals surface area contributed by atoms with Crippen LogP contribution in [0.4, 0.5) is 5.69 Å². The zero-order chi connectivity index (χ0) is 20.6. The number of aromatic nitrogens is 4. The van der Waals surface area contributed by atoms with E-state index in [9.17, 15) is 9.59 Å². The number of hydrogen-bond donors (Lipinski definition) is 1. The van der Waals surface area contributed by atoms with Crippen molar-refractivity contribution in [2.24, 2.45) is 0 Å². The van der Waals surface area contributed by atoms with Crippen molar-refractivity contribution >= 4 is 17.6 Å². The van der Waals surface area contributed by atoms with Crippen molar-refractivity contribution in [3.05, 3.63) is 72.1 Å². The number of nitrogens with zero attached hydrogens (tertiary/aromatic N) is 4. The number of carbonyl (C=O) groups is 2. The molecule has 1 heterocycles. The van der Waals surface area contributed by atoms with Crippen LogP contribution in [-0.4, -0.2) is 38.2 Å². The number of anilines is 1. The van der Waals surface area contributed by atoms with Crippen molar-refractivity contribution in [2.45, 2.75) is 38.8 Å². The number of aryl methyl sites for hydroxylation is 1. The maximum absolute atomic E-state index is 12.8. The summed E-state index contributed by atoms with van der Waals surface area (Å²) in [7, 11) is 0. The van der Waals surface area contributed by atoms with Crippen molar-refractivity contribution < 1.29 is 14.3 Å². The van der Waals surface area contributed by atoms with Gasteiger partial charge < -0.3 is 10.1 Å². The molecule has 150 valence electrons. The predicted molar refractivity (Wildman–Crippen MR) is 107 cm³/mol. The third kappa shape index (κ3) is 5.47. The minimum absolute atomic E-state index is 0.345. The SMILES string of the molecule is CCc1ccc(NC(=O)[C@@H](C)OC(=O)[C@H](Cc2ccccc2)n2cnnn2)cc1. The highest BCUT2D eigenvalue weighted by atomic mass is 16.5. The maximum Gasteiger partial charge on any atom is 0.332 e. The molecule has 1 aromatic heterocycles. The van der Waals surface area contributed by atoms with Gasteiger partial charge in [0, 0.05) is 12.1 Å². The molecular formula is C21H23N5O3. The minimum Gasteiger partial charge on any atom is -0.451 e. The van der Waals surface area contributed by atoms with Gasteiger partial charge in [-0.15, -0.1) is 5.10 Å². The molecule has 0 aliphatic rings. The molecule has 3 aromatic rings. The molecule has 0 aliphatic carbocycles. The summed E-state index contributed by atoms with van der Waals surface area (Å²) in [6.45, 7) is 3.60. The number of tetrazole rings is 1. The molecule has 0 fully saturated rings. The van der Waals surface area contributed by atoms with Crippen molar-refractivity contribution in [3.63, 3.8) is 0 Å². The molecule has 8 heteroatoms. The van der Waals surface area contributed by atoms with Gasteiger partial charge in [-0.3, -0.25) is 4.79 Å². The van der Waals surface area contributed by atoms with E-state index in [0.717, 1.165) is 12.0 Å². The molecule has 0 aliphatic heterocycles. The number of benzene rings is 2. The van der Waals surface area contributed by atoms with Gasteiger partial charge in [-0.25, -0.2) is 9.48 Å². The number of esters is 1. The lowest BCUT2D eigenvalue weighted by Crippen LogP contribution is -2.34. The van der Waals surface area contributed by atoms with E-state index in [0.29, 0.717) is 12.1 Å². The van der Waals surface area contributed by atoms with Crippen LogP contribution in [0.25, 0.3) is 0 Å². The second-order valence-corrected chi connectivity index (χ2v) is 6.61. The summed E-state index contributed by atoms with van der Waals surface area (Å²) in [4.78, 5) is 25.2. The highest BCUT2D eigenvalue weighted by Crippen LogP contribution is 2.17. The first-order chi connectivity index (χ1) is 14.1. The number of carbonyl (C=O) groups excluding carboxylic acids is 2. The Morgan fingerprint density at radius 3 is 2.41 bits per heavy atom. The average molecular weight is 393 g/mol. The molecule has 0 spiro atoms. The lowest BCUT2D eigenvalue weighted by Gasteiger charge is -2.19. The van der Waals surface area contributed by atoms with Crippen molar-refractivity contribution in [2.75, 3.05) is 5.32 Å². The van der Waals surface area contributed by atoms with Gasteiger partial charge in [-0.1, -0.05) is 49.4 Å². The fourth-order valence-electron chi connectivity index (χ4n) is 2.81. The Bertz CT molecular complexity index is 927. The quantitative estimate of drug-likeness (QED) is 0.591. The van der Waals surface area contributed by atoms with Gasteiger partial charge >= 0.3 is 5.97 Å². The number of rotatable bonds is 8. The van der Waals surface area contributed by atoms with Crippen LogP contribution in [0.1, 0.15) is 31.0 Å². The van der Waals surface area contributed by atoms with Crippen molar-refractivity contribution in [1.82, 2.24) is 20.2 Å². The predicted octanol–water partition coefficient (Wildman–Crippen LogP) is 2.59. The van der Waals surface area contributed by atoms with Crippen LogP contribution in [-0.2, 0) is 27.2 Å². The molecule has 3 rings (SSSR count). The summed E-state index contributed by atoms with van der Waals surface area (Å²) in [5.41, 5.74) is 2.75. The van der Waals surface area contributed by atoms with Gasteiger partial charge in [-0.05, 0) is 47.0 Å². The third-order valence-corrected chi connectivity index (χ3v) is 4.52. The summed E-state index contributed by atoms with van der Waals surface area (Å²) >= 11 is 0. The number of amides is 1. The molecule has 2 aromatic carbocycles. The molecule has 8 nitrogen and oxygen atoms in total. The van der Waals surface area contributed by atoms with Crippen LogP contribution in [0.5, 0.6) is 0 Å². The van der Waals surface area contributed by atoms with E-state index in [-0.39, 0.29) is 0 Å².